The third-order valence-corrected chi connectivity index (χ3v) is 23.3. The molecule has 105 heavy (non-hydrogen) atoms. The monoisotopic (exact) mass is 1430 g/mol. The van der Waals surface area contributed by atoms with Gasteiger partial charge in [0.25, 0.3) is 0 Å². The lowest BCUT2D eigenvalue weighted by molar-refractivity contribution is 0.156. The summed E-state index contributed by atoms with van der Waals surface area (Å²) in [7, 11) is 0. The SMILES string of the molecule is C=CC1CCC(C2CCC(/C=C/C)CC2)CC1.CCCC1CCC(C2CCC(c3ccc(-c4cc(F)c(F)c(F)c4)cc3)CC2)CC1.CCCCCc1ccc(-c2ccc(-c3ccc(CCC)cc3)cc2F)cc1.CCCc1ccc(-c2ccc(-c3ccc(-c4cc(F)c(F)c(F)c4)c(F)c3)cc2)cc1. The molecule has 8 heteroatoms. The summed E-state index contributed by atoms with van der Waals surface area (Å²) in [5.74, 6) is -1.59. The molecule has 9 aromatic rings. The van der Waals surface area contributed by atoms with E-state index >= 15 is 0 Å². The summed E-state index contributed by atoms with van der Waals surface area (Å²) in [5.41, 5.74) is 13.5. The van der Waals surface area contributed by atoms with Crippen molar-refractivity contribution in [1.82, 2.24) is 0 Å². The average Bonchev–Trinajstić information content (AvgIpc) is 0.808. The van der Waals surface area contributed by atoms with E-state index in [-0.39, 0.29) is 16.9 Å². The van der Waals surface area contributed by atoms with E-state index < -0.39 is 40.7 Å². The van der Waals surface area contributed by atoms with E-state index in [0.717, 1.165) is 131 Å². The smallest absolute Gasteiger partial charge is 0.194 e. The highest BCUT2D eigenvalue weighted by Crippen LogP contribution is 2.46. The molecule has 0 aliphatic heterocycles. The maximum atomic E-state index is 14.8. The minimum Gasteiger partial charge on any atom is -0.206 e. The molecular weight excluding hydrogens is 1320 g/mol. The van der Waals surface area contributed by atoms with Crippen LogP contribution in [0.15, 0.2) is 207 Å². The highest BCUT2D eigenvalue weighted by Gasteiger charge is 2.32. The van der Waals surface area contributed by atoms with Crippen LogP contribution in [0.1, 0.15) is 210 Å². The second kappa shape index (κ2) is 40.0. The lowest BCUT2D eigenvalue weighted by Crippen LogP contribution is -2.25. The van der Waals surface area contributed by atoms with Gasteiger partial charge in [-0.25, -0.2) is 35.1 Å². The molecule has 0 aromatic heterocycles. The van der Waals surface area contributed by atoms with Crippen LogP contribution in [0.3, 0.4) is 0 Å². The summed E-state index contributed by atoms with van der Waals surface area (Å²) in [6, 6.07) is 54.7. The molecule has 0 spiro atoms. The van der Waals surface area contributed by atoms with Crippen LogP contribution in [0.2, 0.25) is 0 Å². The van der Waals surface area contributed by atoms with Crippen LogP contribution in [0.4, 0.5) is 35.1 Å². The van der Waals surface area contributed by atoms with Crippen LogP contribution >= 0.6 is 0 Å². The molecule has 0 unspecified atom stereocenters. The Labute approximate surface area is 623 Å². The van der Waals surface area contributed by atoms with E-state index in [4.69, 9.17) is 0 Å². The van der Waals surface area contributed by atoms with Gasteiger partial charge in [-0.3, -0.25) is 0 Å². The normalized spacial score (nSPS) is 20.2. The zero-order valence-electron chi connectivity index (χ0n) is 62.8. The molecule has 0 nitrogen and oxygen atoms in total. The molecule has 554 valence electrons. The van der Waals surface area contributed by atoms with Crippen molar-refractivity contribution < 1.29 is 35.1 Å². The molecule has 9 aromatic carbocycles. The fraction of sp³-hybridized carbons (Fsp3) is 0.402. The summed E-state index contributed by atoms with van der Waals surface area (Å²) in [4.78, 5) is 0. The molecule has 4 aliphatic carbocycles. The highest BCUT2D eigenvalue weighted by atomic mass is 19.2. The number of rotatable bonds is 21. The molecule has 0 saturated heterocycles. The fourth-order valence-corrected chi connectivity index (χ4v) is 17.0. The first-order chi connectivity index (χ1) is 51.0. The molecule has 0 amide bonds. The fourth-order valence-electron chi connectivity index (χ4n) is 17.0. The molecule has 4 fully saturated rings. The van der Waals surface area contributed by atoms with E-state index in [9.17, 15) is 35.1 Å². The minimum atomic E-state index is -1.57. The first-order valence-electron chi connectivity index (χ1n) is 39.7. The number of hydrogen-bond acceptors (Lipinski definition) is 0. The third-order valence-electron chi connectivity index (χ3n) is 23.3. The second-order valence-corrected chi connectivity index (χ2v) is 30.4. The van der Waals surface area contributed by atoms with Crippen molar-refractivity contribution in [2.45, 2.75) is 207 Å². The van der Waals surface area contributed by atoms with Crippen LogP contribution in [0.25, 0.3) is 66.8 Å². The molecule has 13 rings (SSSR count). The number of aryl methyl sites for hydroxylation is 3. The van der Waals surface area contributed by atoms with Gasteiger partial charge in [-0.15, -0.1) is 6.58 Å². The van der Waals surface area contributed by atoms with Gasteiger partial charge in [0, 0.05) is 11.1 Å². The van der Waals surface area contributed by atoms with E-state index in [2.05, 4.69) is 132 Å². The standard InChI is InChI=1S/C27H20F4.C27H33F3.C26H29F.C17H28/c1-2-3-17-4-6-18(7-5-17)19-8-10-20(11-9-19)21-12-13-23(24(28)14-21)22-15-25(29)27(31)26(30)16-22;1-2-3-18-4-6-19(7-5-18)20-8-10-21(11-9-20)22-12-14-23(15-13-22)24-16-25(28)27(30)26(29)17-24;1-3-5-6-8-21-11-15-23(16-12-21)25-18-17-24(19-26(25)27)22-13-9-20(7-4-2)10-14-22;1-3-5-15-8-12-17(13-9-15)16-10-6-14(4-2)7-11-16/h4-16H,2-3H2,1H3;12-21H,2-11H2,1H3;9-19H,3-8H2,1-2H3;3-5,14-17H,2,6-13H2,1H3/b;;;5-3+. The maximum Gasteiger partial charge on any atom is 0.194 e. The largest absolute Gasteiger partial charge is 0.206 e. The molecule has 0 bridgehead atoms. The van der Waals surface area contributed by atoms with Crippen LogP contribution in [-0.4, -0.2) is 0 Å². The van der Waals surface area contributed by atoms with Gasteiger partial charge in [0.1, 0.15) is 11.6 Å². The van der Waals surface area contributed by atoms with Crippen molar-refractivity contribution >= 4 is 0 Å². The molecule has 0 radical (unpaired) electrons. The van der Waals surface area contributed by atoms with Crippen LogP contribution < -0.4 is 0 Å². The second-order valence-electron chi connectivity index (χ2n) is 30.4. The van der Waals surface area contributed by atoms with E-state index in [1.54, 1.807) is 12.1 Å². The molecule has 0 heterocycles. The molecule has 0 atom stereocenters. The summed E-state index contributed by atoms with van der Waals surface area (Å²) >= 11 is 0. The first kappa shape index (κ1) is 79.5. The maximum absolute atomic E-state index is 14.8. The molecule has 0 N–H and O–H groups in total. The Morgan fingerprint density at radius 1 is 0.314 bits per heavy atom. The van der Waals surface area contributed by atoms with Gasteiger partial charge >= 0.3 is 0 Å². The quantitative estimate of drug-likeness (QED) is 0.0291. The first-order valence-corrected chi connectivity index (χ1v) is 39.7. The van der Waals surface area contributed by atoms with Gasteiger partial charge in [0.05, 0.1) is 0 Å². The Morgan fingerprint density at radius 2 is 0.657 bits per heavy atom. The summed E-state index contributed by atoms with van der Waals surface area (Å²) in [6.45, 7) is 15.0. The highest BCUT2D eigenvalue weighted by molar-refractivity contribution is 5.75. The van der Waals surface area contributed by atoms with Gasteiger partial charge in [-0.2, -0.15) is 0 Å². The third kappa shape index (κ3) is 22.3. The Morgan fingerprint density at radius 3 is 1.07 bits per heavy atom. The Hall–Kier alpha value is -8.10. The van der Waals surface area contributed by atoms with Crippen molar-refractivity contribution in [3.8, 4) is 66.8 Å². The van der Waals surface area contributed by atoms with E-state index in [1.165, 1.54) is 169 Å². The number of benzene rings is 9. The van der Waals surface area contributed by atoms with Gasteiger partial charge in [0.15, 0.2) is 34.9 Å². The van der Waals surface area contributed by atoms with Crippen molar-refractivity contribution in [2.24, 2.45) is 41.4 Å². The Bertz CT molecular complexity index is 4110. The van der Waals surface area contributed by atoms with Gasteiger partial charge in [-0.05, 0) is 284 Å². The van der Waals surface area contributed by atoms with Crippen LogP contribution in [0, 0.1) is 88.0 Å². The number of halogens is 8. The number of hydrogen-bond donors (Lipinski definition) is 0. The number of unbranched alkanes of at least 4 members (excludes halogenated alkanes) is 2. The van der Waals surface area contributed by atoms with Crippen LogP contribution in [-0.2, 0) is 19.3 Å². The van der Waals surface area contributed by atoms with Crippen molar-refractivity contribution in [3.05, 3.63) is 276 Å². The zero-order chi connectivity index (χ0) is 74.2. The van der Waals surface area contributed by atoms with Crippen molar-refractivity contribution in [2.75, 3.05) is 0 Å². The average molecular weight is 1430 g/mol. The van der Waals surface area contributed by atoms with Gasteiger partial charge in [-0.1, -0.05) is 243 Å². The number of allylic oxidation sites excluding steroid dienone is 3. The topological polar surface area (TPSA) is 0 Å². The van der Waals surface area contributed by atoms with Gasteiger partial charge in [0.2, 0.25) is 0 Å². The molecule has 4 saturated carbocycles. The van der Waals surface area contributed by atoms with Crippen LogP contribution in [0.5, 0.6) is 0 Å². The minimum absolute atomic E-state index is 0.00494. The predicted molar refractivity (Wildman–Crippen MR) is 424 cm³/mol. The van der Waals surface area contributed by atoms with Crippen molar-refractivity contribution in [1.29, 1.82) is 0 Å². The summed E-state index contributed by atoms with van der Waals surface area (Å²) < 4.78 is 110. The van der Waals surface area contributed by atoms with Crippen molar-refractivity contribution in [3.63, 3.8) is 0 Å². The molecule has 4 aliphatic rings. The molecular formula is C97H110F8. The zero-order valence-corrected chi connectivity index (χ0v) is 62.8. The van der Waals surface area contributed by atoms with E-state index in [1.807, 2.05) is 60.7 Å². The summed E-state index contributed by atoms with van der Waals surface area (Å²) in [5, 5.41) is 0. The van der Waals surface area contributed by atoms with Gasteiger partial charge < -0.3 is 0 Å². The lowest BCUT2D eigenvalue weighted by atomic mass is 9.68. The lowest BCUT2D eigenvalue weighted by Gasteiger charge is -2.38. The Balaban J connectivity index is 0.000000153. The Kier molecular flexibility index (Phi) is 30.3. The van der Waals surface area contributed by atoms with E-state index in [0.29, 0.717) is 28.2 Å². The predicted octanol–water partition coefficient (Wildman–Crippen LogP) is 30.1. The summed E-state index contributed by atoms with van der Waals surface area (Å²) in [6.07, 6.45) is 41.2.